The average molecular weight is 462 g/mol. The molecule has 3 unspecified atom stereocenters. The van der Waals surface area contributed by atoms with E-state index in [0.717, 1.165) is 40.8 Å². The number of rotatable bonds is 2. The number of alkyl halides is 3. The van der Waals surface area contributed by atoms with Crippen LogP contribution in [0.2, 0.25) is 0 Å². The Bertz CT molecular complexity index is 1250. The zero-order chi connectivity index (χ0) is 21.9. The van der Waals surface area contributed by atoms with Crippen molar-refractivity contribution in [2.45, 2.75) is 22.4 Å². The van der Waals surface area contributed by atoms with Gasteiger partial charge in [0, 0.05) is 10.8 Å². The van der Waals surface area contributed by atoms with Crippen LogP contribution in [-0.2, 0) is 15.8 Å². The fraction of sp³-hybridized carbons (Fsp3) is 0.190. The number of carbonyl (C=O) groups is 2. The lowest BCUT2D eigenvalue weighted by atomic mass is 9.83. The van der Waals surface area contributed by atoms with Crippen molar-refractivity contribution in [2.75, 3.05) is 4.90 Å². The lowest BCUT2D eigenvalue weighted by molar-refractivity contribution is -0.137. The Hall–Kier alpha value is -2.85. The molecule has 3 aromatic rings. The monoisotopic (exact) mass is 462 g/mol. The zero-order valence-corrected chi connectivity index (χ0v) is 17.2. The van der Waals surface area contributed by atoms with Crippen molar-refractivity contribution in [1.29, 1.82) is 0 Å². The van der Waals surface area contributed by atoms with Crippen LogP contribution in [0.4, 0.5) is 18.9 Å². The molecule has 1 saturated heterocycles. The Kier molecular flexibility index (Phi) is 4.60. The Balaban J connectivity index is 1.67. The summed E-state index contributed by atoms with van der Waals surface area (Å²) in [4.78, 5) is 42.4. The number of aromatic nitrogens is 1. The van der Waals surface area contributed by atoms with Crippen LogP contribution in [0, 0.1) is 5.92 Å². The van der Waals surface area contributed by atoms with E-state index in [1.54, 1.807) is 30.3 Å². The summed E-state index contributed by atoms with van der Waals surface area (Å²) >= 11 is 1.99. The molecule has 3 heterocycles. The maximum absolute atomic E-state index is 13.6. The average Bonchev–Trinajstić information content (AvgIpc) is 3.23. The zero-order valence-electron chi connectivity index (χ0n) is 15.6. The van der Waals surface area contributed by atoms with Gasteiger partial charge in [0.15, 0.2) is 0 Å². The van der Waals surface area contributed by atoms with Crippen LogP contribution in [0.25, 0.3) is 0 Å². The van der Waals surface area contributed by atoms with E-state index >= 15 is 0 Å². The number of hydrogen-bond acceptors (Lipinski definition) is 5. The lowest BCUT2D eigenvalue weighted by Gasteiger charge is -2.29. The van der Waals surface area contributed by atoms with Crippen molar-refractivity contribution < 1.29 is 22.8 Å². The van der Waals surface area contributed by atoms with Gasteiger partial charge < -0.3 is 4.98 Å². The van der Waals surface area contributed by atoms with E-state index in [1.165, 1.54) is 12.1 Å². The highest BCUT2D eigenvalue weighted by molar-refractivity contribution is 8.00. The fourth-order valence-corrected chi connectivity index (χ4v) is 6.70. The maximum Gasteiger partial charge on any atom is 0.418 e. The second kappa shape index (κ2) is 7.10. The van der Waals surface area contributed by atoms with Gasteiger partial charge in [-0.05, 0) is 17.7 Å². The predicted octanol–water partition coefficient (Wildman–Crippen LogP) is 4.25. The summed E-state index contributed by atoms with van der Waals surface area (Å²) in [6, 6.07) is 13.5. The van der Waals surface area contributed by atoms with Crippen LogP contribution in [0.15, 0.2) is 64.4 Å². The van der Waals surface area contributed by atoms with E-state index < -0.39 is 46.3 Å². The number of thiazole rings is 1. The van der Waals surface area contributed by atoms with Gasteiger partial charge in [-0.25, -0.2) is 4.90 Å². The van der Waals surface area contributed by atoms with E-state index in [1.807, 2.05) is 0 Å². The third kappa shape index (κ3) is 3.12. The van der Waals surface area contributed by atoms with Crippen LogP contribution in [0.5, 0.6) is 0 Å². The molecule has 1 N–H and O–H groups in total. The summed E-state index contributed by atoms with van der Waals surface area (Å²) in [7, 11) is 0. The number of carbonyl (C=O) groups excluding carboxylic acids is 2. The largest absolute Gasteiger partial charge is 0.418 e. The maximum atomic E-state index is 13.6. The van der Waals surface area contributed by atoms with Crippen LogP contribution in [0.3, 0.4) is 0 Å². The molecule has 5 rings (SSSR count). The topological polar surface area (TPSA) is 70.2 Å². The minimum atomic E-state index is -4.72. The molecule has 2 aliphatic rings. The van der Waals surface area contributed by atoms with Crippen molar-refractivity contribution >= 4 is 40.6 Å². The molecular formula is C21H13F3N2O3S2. The fourth-order valence-electron chi connectivity index (χ4n) is 4.18. The Morgan fingerprint density at radius 3 is 2.29 bits per heavy atom. The van der Waals surface area contributed by atoms with Crippen molar-refractivity contribution in [1.82, 2.24) is 4.98 Å². The first kappa shape index (κ1) is 20.1. The molecule has 158 valence electrons. The van der Waals surface area contributed by atoms with Gasteiger partial charge in [-0.2, -0.15) is 13.2 Å². The molecule has 5 nitrogen and oxygen atoms in total. The molecule has 3 atom stereocenters. The standard InChI is InChI=1S/C21H13F3N2O3S2/c22-21(23,24)11-8-4-5-9-12(11)26-18(27)14-13(10-6-2-1-3-7-10)15-17(25-20(29)31-15)30-16(14)19(26)28/h1-9,13-14,16H,(H,25,29). The molecule has 2 aliphatic heterocycles. The Labute approximate surface area is 181 Å². The highest BCUT2D eigenvalue weighted by Crippen LogP contribution is 2.53. The summed E-state index contributed by atoms with van der Waals surface area (Å²) in [5.41, 5.74) is -0.787. The molecule has 0 spiro atoms. The van der Waals surface area contributed by atoms with Crippen molar-refractivity contribution in [3.63, 3.8) is 0 Å². The first-order chi connectivity index (χ1) is 14.8. The Morgan fingerprint density at radius 1 is 0.903 bits per heavy atom. The van der Waals surface area contributed by atoms with E-state index in [2.05, 4.69) is 4.98 Å². The number of hydrogen-bond donors (Lipinski definition) is 1. The van der Waals surface area contributed by atoms with Gasteiger partial charge in [0.05, 0.1) is 22.2 Å². The summed E-state index contributed by atoms with van der Waals surface area (Å²) in [5.74, 6) is -2.93. The number of halogens is 3. The smallest absolute Gasteiger partial charge is 0.307 e. The molecule has 2 amide bonds. The van der Waals surface area contributed by atoms with Crippen molar-refractivity contribution in [3.05, 3.63) is 80.3 Å². The van der Waals surface area contributed by atoms with Crippen LogP contribution in [-0.4, -0.2) is 22.0 Å². The minimum Gasteiger partial charge on any atom is -0.307 e. The number of aromatic amines is 1. The van der Waals surface area contributed by atoms with Gasteiger partial charge in [0.25, 0.3) is 0 Å². The molecule has 31 heavy (non-hydrogen) atoms. The molecule has 1 aromatic heterocycles. The summed E-state index contributed by atoms with van der Waals surface area (Å²) in [5, 5.41) is -0.450. The first-order valence-electron chi connectivity index (χ1n) is 9.26. The number of imide groups is 1. The van der Waals surface area contributed by atoms with E-state index in [0.29, 0.717) is 14.8 Å². The molecule has 0 aliphatic carbocycles. The third-order valence-corrected chi connectivity index (χ3v) is 7.83. The SMILES string of the molecule is O=C1C2Sc3[nH]c(=O)sc3C(c3ccccc3)C2C(=O)N1c1ccccc1C(F)(F)F. The number of anilines is 1. The number of para-hydroxylation sites is 1. The summed E-state index contributed by atoms with van der Waals surface area (Å²) in [6.07, 6.45) is -4.72. The minimum absolute atomic E-state index is 0.308. The normalized spacial score (nSPS) is 23.1. The van der Waals surface area contributed by atoms with Crippen molar-refractivity contribution in [2.24, 2.45) is 5.92 Å². The number of amides is 2. The van der Waals surface area contributed by atoms with Gasteiger partial charge in [-0.3, -0.25) is 14.4 Å². The second-order valence-corrected chi connectivity index (χ2v) is 9.35. The summed E-state index contributed by atoms with van der Waals surface area (Å²) in [6.45, 7) is 0. The van der Waals surface area contributed by atoms with Gasteiger partial charge in [-0.15, -0.1) is 0 Å². The summed E-state index contributed by atoms with van der Waals surface area (Å²) < 4.78 is 40.8. The molecular weight excluding hydrogens is 449 g/mol. The van der Waals surface area contributed by atoms with Gasteiger partial charge >= 0.3 is 11.0 Å². The second-order valence-electron chi connectivity index (χ2n) is 7.19. The van der Waals surface area contributed by atoms with Crippen LogP contribution >= 0.6 is 23.1 Å². The molecule has 0 saturated carbocycles. The van der Waals surface area contributed by atoms with Crippen LogP contribution in [0.1, 0.15) is 21.9 Å². The molecule has 0 bridgehead atoms. The first-order valence-corrected chi connectivity index (χ1v) is 11.0. The number of H-pyrrole nitrogens is 1. The van der Waals surface area contributed by atoms with Gasteiger partial charge in [-0.1, -0.05) is 65.6 Å². The third-order valence-electron chi connectivity index (χ3n) is 5.43. The van der Waals surface area contributed by atoms with Crippen LogP contribution < -0.4 is 9.77 Å². The highest BCUT2D eigenvalue weighted by Gasteiger charge is 2.57. The molecule has 0 radical (unpaired) electrons. The highest BCUT2D eigenvalue weighted by atomic mass is 32.2. The lowest BCUT2D eigenvalue weighted by Crippen LogP contribution is -2.33. The van der Waals surface area contributed by atoms with Crippen molar-refractivity contribution in [3.8, 4) is 0 Å². The van der Waals surface area contributed by atoms with E-state index in [9.17, 15) is 27.6 Å². The quantitative estimate of drug-likeness (QED) is 0.578. The van der Waals surface area contributed by atoms with E-state index in [-0.39, 0.29) is 4.87 Å². The number of nitrogens with one attached hydrogen (secondary N) is 1. The van der Waals surface area contributed by atoms with Gasteiger partial charge in [0.1, 0.15) is 5.25 Å². The van der Waals surface area contributed by atoms with E-state index in [4.69, 9.17) is 0 Å². The number of nitrogens with zero attached hydrogens (tertiary/aromatic N) is 1. The molecule has 1 fully saturated rings. The molecule has 2 aromatic carbocycles. The Morgan fingerprint density at radius 2 is 1.58 bits per heavy atom. The predicted molar refractivity (Wildman–Crippen MR) is 110 cm³/mol. The number of thioether (sulfide) groups is 1. The number of fused-ring (bicyclic) bond motifs is 2. The van der Waals surface area contributed by atoms with Gasteiger partial charge in [0.2, 0.25) is 11.8 Å². The number of benzene rings is 2. The molecule has 10 heteroatoms.